The highest BCUT2D eigenvalue weighted by atomic mass is 35.5. The zero-order chi connectivity index (χ0) is 28.4. The van der Waals surface area contributed by atoms with Crippen LogP contribution in [0.5, 0.6) is 0 Å². The van der Waals surface area contributed by atoms with Crippen molar-refractivity contribution in [3.8, 4) is 10.4 Å². The minimum Gasteiger partial charge on any atom is -0.350 e. The molecule has 9 nitrogen and oxygen atoms in total. The van der Waals surface area contributed by atoms with Gasteiger partial charge in [-0.1, -0.05) is 29.8 Å². The Morgan fingerprint density at radius 2 is 1.95 bits per heavy atom. The van der Waals surface area contributed by atoms with E-state index in [1.54, 1.807) is 29.6 Å². The summed E-state index contributed by atoms with van der Waals surface area (Å²) in [6.45, 7) is 0.261. The first-order valence-corrected chi connectivity index (χ1v) is 18.0. The van der Waals surface area contributed by atoms with Gasteiger partial charge in [0.2, 0.25) is 5.91 Å². The van der Waals surface area contributed by atoms with Crippen LogP contribution in [0.3, 0.4) is 0 Å². The SMILES string of the molecule is O=C(CC1(c2ccc(-c3ccc(Cl)cc3)s2)CCN(S(=O)(=O)c2cccs2)CCS1(=O)=O)NOC1CCCCO1. The number of carbonyl (C=O) groups excluding carboxylic acids is 1. The van der Waals surface area contributed by atoms with E-state index < -0.39 is 49.0 Å². The lowest BCUT2D eigenvalue weighted by atomic mass is 9.97. The normalized spacial score (nSPS) is 23.9. The van der Waals surface area contributed by atoms with Crippen molar-refractivity contribution in [2.75, 3.05) is 25.4 Å². The molecular weight excluding hydrogens is 616 g/mol. The zero-order valence-corrected chi connectivity index (χ0v) is 25.5. The molecule has 1 aromatic carbocycles. The Labute approximate surface area is 247 Å². The highest BCUT2D eigenvalue weighted by Gasteiger charge is 2.50. The van der Waals surface area contributed by atoms with Gasteiger partial charge in [-0.2, -0.15) is 4.31 Å². The average Bonchev–Trinajstić information content (AvgIpc) is 3.63. The Hall–Kier alpha value is -1.84. The number of sulfonamides is 1. The number of sulfone groups is 1. The van der Waals surface area contributed by atoms with Crippen LogP contribution in [0.2, 0.25) is 5.02 Å². The second kappa shape index (κ2) is 12.2. The summed E-state index contributed by atoms with van der Waals surface area (Å²) in [5.41, 5.74) is 3.25. The van der Waals surface area contributed by atoms with Gasteiger partial charge in [0.1, 0.15) is 8.96 Å². The molecule has 2 aromatic heterocycles. The molecule has 2 aliphatic heterocycles. The molecule has 2 unspecified atom stereocenters. The standard InChI is InChI=1S/C26H29ClN2O7S4/c27-20-8-6-19(7-9-20)21-10-11-22(38-21)26(18-23(30)28-36-24-4-1-2-15-35-24)12-13-29(14-17-39(26,31)32)40(33,34)25-5-3-16-37-25/h3,5-11,16,24H,1-2,4,12-15,17-18H2,(H,28,30). The Kier molecular flexibility index (Phi) is 9.03. The van der Waals surface area contributed by atoms with Crippen molar-refractivity contribution in [3.05, 3.63) is 63.8 Å². The molecule has 2 atom stereocenters. The third-order valence-corrected chi connectivity index (χ3v) is 14.6. The maximum absolute atomic E-state index is 14.0. The van der Waals surface area contributed by atoms with Crippen LogP contribution in [0, 0.1) is 0 Å². The fraction of sp³-hybridized carbons (Fsp3) is 0.423. The number of carbonyl (C=O) groups is 1. The van der Waals surface area contributed by atoms with Gasteiger partial charge in [-0.15, -0.1) is 22.7 Å². The van der Waals surface area contributed by atoms with Crippen LogP contribution in [0.4, 0.5) is 0 Å². The average molecular weight is 645 g/mol. The van der Waals surface area contributed by atoms with Crippen molar-refractivity contribution >= 4 is 60.0 Å². The van der Waals surface area contributed by atoms with Gasteiger partial charge in [0.05, 0.1) is 12.2 Å². The van der Waals surface area contributed by atoms with Gasteiger partial charge >= 0.3 is 0 Å². The third kappa shape index (κ3) is 6.16. The number of nitrogens with zero attached hydrogens (tertiary/aromatic N) is 1. The maximum Gasteiger partial charge on any atom is 0.252 e. The summed E-state index contributed by atoms with van der Waals surface area (Å²) in [4.78, 5) is 19.9. The van der Waals surface area contributed by atoms with Crippen LogP contribution in [0.15, 0.2) is 58.1 Å². The predicted octanol–water partition coefficient (Wildman–Crippen LogP) is 4.80. The van der Waals surface area contributed by atoms with Crippen molar-refractivity contribution < 1.29 is 31.2 Å². The first-order chi connectivity index (χ1) is 19.1. The van der Waals surface area contributed by atoms with E-state index in [4.69, 9.17) is 21.2 Å². The first kappa shape index (κ1) is 29.6. The van der Waals surface area contributed by atoms with Crippen molar-refractivity contribution in [3.63, 3.8) is 0 Å². The van der Waals surface area contributed by atoms with E-state index in [0.717, 1.165) is 34.6 Å². The lowest BCUT2D eigenvalue weighted by molar-refractivity contribution is -0.200. The summed E-state index contributed by atoms with van der Waals surface area (Å²) in [5.74, 6) is -1.04. The van der Waals surface area contributed by atoms with Crippen LogP contribution >= 0.6 is 34.3 Å². The summed E-state index contributed by atoms with van der Waals surface area (Å²) in [6.07, 6.45) is 1.33. The minimum atomic E-state index is -4.01. The summed E-state index contributed by atoms with van der Waals surface area (Å²) in [6, 6.07) is 13.9. The molecule has 0 radical (unpaired) electrons. The molecule has 2 aliphatic rings. The van der Waals surface area contributed by atoms with E-state index in [0.29, 0.717) is 22.9 Å². The molecule has 4 heterocycles. The number of rotatable bonds is 8. The van der Waals surface area contributed by atoms with Gasteiger partial charge in [-0.05, 0) is 60.5 Å². The van der Waals surface area contributed by atoms with Gasteiger partial charge in [0, 0.05) is 40.9 Å². The quantitative estimate of drug-likeness (QED) is 0.350. The van der Waals surface area contributed by atoms with Crippen molar-refractivity contribution in [2.24, 2.45) is 0 Å². The summed E-state index contributed by atoms with van der Waals surface area (Å²) >= 11 is 8.39. The van der Waals surface area contributed by atoms with Gasteiger partial charge < -0.3 is 4.74 Å². The number of hydrogen-bond donors (Lipinski definition) is 1. The molecule has 0 bridgehead atoms. The maximum atomic E-state index is 14.0. The lowest BCUT2D eigenvalue weighted by Gasteiger charge is -2.31. The molecule has 2 saturated heterocycles. The van der Waals surface area contributed by atoms with Gasteiger partial charge in [0.15, 0.2) is 16.1 Å². The fourth-order valence-corrected chi connectivity index (χ4v) is 11.3. The highest BCUT2D eigenvalue weighted by molar-refractivity contribution is 7.93. The van der Waals surface area contributed by atoms with E-state index in [1.807, 2.05) is 18.2 Å². The van der Waals surface area contributed by atoms with Crippen LogP contribution in [0.25, 0.3) is 10.4 Å². The number of nitrogens with one attached hydrogen (secondary N) is 1. The molecule has 0 aliphatic carbocycles. The Bertz CT molecular complexity index is 1530. The number of hydrogen-bond acceptors (Lipinski definition) is 9. The predicted molar refractivity (Wildman–Crippen MR) is 155 cm³/mol. The number of benzene rings is 1. The largest absolute Gasteiger partial charge is 0.350 e. The van der Waals surface area contributed by atoms with Crippen molar-refractivity contribution in [1.29, 1.82) is 0 Å². The first-order valence-electron chi connectivity index (χ1n) is 12.8. The van der Waals surface area contributed by atoms with E-state index in [9.17, 15) is 21.6 Å². The Balaban J connectivity index is 1.47. The molecule has 216 valence electrons. The lowest BCUT2D eigenvalue weighted by Crippen LogP contribution is -2.43. The number of halogens is 1. The van der Waals surface area contributed by atoms with E-state index >= 15 is 0 Å². The second-order valence-corrected chi connectivity index (χ2v) is 16.7. The third-order valence-electron chi connectivity index (χ3n) is 7.13. The van der Waals surface area contributed by atoms with E-state index in [1.165, 1.54) is 21.7 Å². The van der Waals surface area contributed by atoms with Crippen LogP contribution in [-0.4, -0.2) is 58.8 Å². The zero-order valence-electron chi connectivity index (χ0n) is 21.5. The van der Waals surface area contributed by atoms with Gasteiger partial charge in [0.25, 0.3) is 10.0 Å². The molecule has 0 spiro atoms. The van der Waals surface area contributed by atoms with Gasteiger partial charge in [-0.3, -0.25) is 4.79 Å². The Morgan fingerprint density at radius 3 is 2.65 bits per heavy atom. The van der Waals surface area contributed by atoms with E-state index in [2.05, 4.69) is 5.48 Å². The van der Waals surface area contributed by atoms with Crippen LogP contribution < -0.4 is 5.48 Å². The van der Waals surface area contributed by atoms with Crippen molar-refractivity contribution in [1.82, 2.24) is 9.79 Å². The number of ether oxygens (including phenoxy) is 1. The van der Waals surface area contributed by atoms with Crippen molar-refractivity contribution in [2.45, 2.75) is 47.4 Å². The second-order valence-electron chi connectivity index (χ2n) is 9.69. The molecule has 40 heavy (non-hydrogen) atoms. The topological polar surface area (TPSA) is 119 Å². The number of thiophene rings is 2. The molecule has 14 heteroatoms. The Morgan fingerprint density at radius 1 is 1.15 bits per heavy atom. The smallest absolute Gasteiger partial charge is 0.252 e. The van der Waals surface area contributed by atoms with Crippen LogP contribution in [-0.2, 0) is 39.0 Å². The summed E-state index contributed by atoms with van der Waals surface area (Å²) in [7, 11) is -7.89. The molecule has 1 N–H and O–H groups in total. The molecule has 2 fully saturated rings. The minimum absolute atomic E-state index is 0.0620. The molecule has 0 saturated carbocycles. The monoisotopic (exact) mass is 644 g/mol. The molecule has 1 amide bonds. The molecule has 3 aromatic rings. The number of hydroxylamine groups is 1. The molecular formula is C26H29ClN2O7S4. The highest BCUT2D eigenvalue weighted by Crippen LogP contribution is 2.46. The summed E-state index contributed by atoms with van der Waals surface area (Å²) in [5, 5.41) is 2.24. The summed E-state index contributed by atoms with van der Waals surface area (Å²) < 4.78 is 59.9. The molecule has 5 rings (SSSR count). The van der Waals surface area contributed by atoms with E-state index in [-0.39, 0.29) is 23.7 Å². The van der Waals surface area contributed by atoms with Gasteiger partial charge in [-0.25, -0.2) is 27.2 Å². The number of amides is 1. The van der Waals surface area contributed by atoms with Crippen LogP contribution in [0.1, 0.15) is 37.0 Å². The fourth-order valence-electron chi connectivity index (χ4n) is 4.91.